The van der Waals surface area contributed by atoms with Crippen molar-refractivity contribution in [3.8, 4) is 0 Å². The summed E-state index contributed by atoms with van der Waals surface area (Å²) >= 11 is 0.595. The van der Waals surface area contributed by atoms with Crippen LogP contribution in [0.2, 0.25) is 0 Å². The van der Waals surface area contributed by atoms with E-state index in [4.69, 9.17) is 4.74 Å². The van der Waals surface area contributed by atoms with Gasteiger partial charge in [-0.05, 0) is 51.5 Å². The number of carbonyl (C=O) groups excluding carboxylic acids is 4. The van der Waals surface area contributed by atoms with Gasteiger partial charge in [-0.1, -0.05) is 11.3 Å². The molecular formula is C20H25N5O7S2. The fourth-order valence-electron chi connectivity index (χ4n) is 2.42. The van der Waals surface area contributed by atoms with E-state index in [1.807, 2.05) is 4.72 Å². The first kappa shape index (κ1) is 26.9. The molecular weight excluding hydrogens is 486 g/mol. The van der Waals surface area contributed by atoms with E-state index in [0.29, 0.717) is 22.6 Å². The lowest BCUT2D eigenvalue weighted by molar-refractivity contribution is -0.120. The Morgan fingerprint density at radius 2 is 1.59 bits per heavy atom. The molecule has 0 bridgehead atoms. The zero-order valence-corrected chi connectivity index (χ0v) is 20.6. The second-order valence-corrected chi connectivity index (χ2v) is 10.9. The molecule has 1 aromatic carbocycles. The number of anilines is 2. The predicted octanol–water partition coefficient (Wildman–Crippen LogP) is 2.07. The third kappa shape index (κ3) is 8.86. The minimum Gasteiger partial charge on any atom is -0.456 e. The highest BCUT2D eigenvalue weighted by Crippen LogP contribution is 2.20. The van der Waals surface area contributed by atoms with Crippen LogP contribution in [0.4, 0.5) is 10.8 Å². The zero-order valence-electron chi connectivity index (χ0n) is 19.0. The molecule has 2 rings (SSSR count). The second kappa shape index (κ2) is 11.2. The summed E-state index contributed by atoms with van der Waals surface area (Å²) in [5.41, 5.74) is 0.170. The first-order valence-corrected chi connectivity index (χ1v) is 12.3. The third-order valence-corrected chi connectivity index (χ3v) is 6.36. The molecule has 14 heteroatoms. The third-order valence-electron chi connectivity index (χ3n) is 3.78. The molecule has 1 aromatic heterocycles. The Hall–Kier alpha value is -3.39. The summed E-state index contributed by atoms with van der Waals surface area (Å²) in [6.07, 6.45) is -0.162. The molecule has 184 valence electrons. The van der Waals surface area contributed by atoms with Crippen LogP contribution in [0.25, 0.3) is 0 Å². The second-order valence-electron chi connectivity index (χ2n) is 8.06. The van der Waals surface area contributed by atoms with Crippen molar-refractivity contribution < 1.29 is 32.3 Å². The summed E-state index contributed by atoms with van der Waals surface area (Å²) in [6.45, 7) is 6.51. The first-order chi connectivity index (χ1) is 15.7. The average molecular weight is 512 g/mol. The smallest absolute Gasteiger partial charge is 0.338 e. The van der Waals surface area contributed by atoms with E-state index < -0.39 is 37.7 Å². The van der Waals surface area contributed by atoms with Crippen LogP contribution in [0, 0.1) is 0 Å². The highest BCUT2D eigenvalue weighted by Gasteiger charge is 2.23. The summed E-state index contributed by atoms with van der Waals surface area (Å²) in [4.78, 5) is 47.1. The number of hydrogen-bond acceptors (Lipinski definition) is 10. The Morgan fingerprint density at radius 1 is 0.971 bits per heavy atom. The molecule has 12 nitrogen and oxygen atoms in total. The highest BCUT2D eigenvalue weighted by atomic mass is 32.2. The van der Waals surface area contributed by atoms with Gasteiger partial charge in [0.2, 0.25) is 22.9 Å². The number of sulfonamides is 1. The van der Waals surface area contributed by atoms with Gasteiger partial charge in [-0.25, -0.2) is 9.52 Å². The van der Waals surface area contributed by atoms with Crippen LogP contribution in [-0.2, 0) is 29.1 Å². The number of ether oxygens (including phenoxy) is 1. The van der Waals surface area contributed by atoms with Gasteiger partial charge in [-0.3, -0.25) is 14.4 Å². The number of amides is 3. The molecule has 3 N–H and O–H groups in total. The van der Waals surface area contributed by atoms with Crippen molar-refractivity contribution in [2.24, 2.45) is 0 Å². The van der Waals surface area contributed by atoms with Crippen LogP contribution >= 0.6 is 11.3 Å². The Bertz CT molecular complexity index is 1170. The molecule has 0 saturated heterocycles. The topological polar surface area (TPSA) is 174 Å². The Kier molecular flexibility index (Phi) is 8.81. The number of nitrogens with zero attached hydrogens (tertiary/aromatic N) is 2. The molecule has 0 radical (unpaired) electrons. The van der Waals surface area contributed by atoms with Gasteiger partial charge in [0.15, 0.2) is 0 Å². The van der Waals surface area contributed by atoms with Crippen LogP contribution in [-0.4, -0.2) is 47.9 Å². The van der Waals surface area contributed by atoms with Gasteiger partial charge in [-0.15, -0.1) is 10.2 Å². The summed E-state index contributed by atoms with van der Waals surface area (Å²) in [6, 6.07) is 6.14. The Labute approximate surface area is 200 Å². The quantitative estimate of drug-likeness (QED) is 0.336. The van der Waals surface area contributed by atoms with Gasteiger partial charge in [0.05, 0.1) is 5.56 Å². The molecule has 34 heavy (non-hydrogen) atoms. The molecule has 0 aliphatic carbocycles. The van der Waals surface area contributed by atoms with Crippen LogP contribution in [0.1, 0.15) is 57.3 Å². The van der Waals surface area contributed by atoms with Crippen molar-refractivity contribution in [1.82, 2.24) is 14.9 Å². The number of carbonyl (C=O) groups is 4. The fraction of sp³-hybridized carbons (Fsp3) is 0.400. The van der Waals surface area contributed by atoms with Gasteiger partial charge < -0.3 is 15.4 Å². The maximum Gasteiger partial charge on any atom is 0.338 e. The molecule has 0 atom stereocenters. The number of rotatable bonds is 9. The highest BCUT2D eigenvalue weighted by molar-refractivity contribution is 7.92. The van der Waals surface area contributed by atoms with E-state index in [1.54, 1.807) is 32.9 Å². The van der Waals surface area contributed by atoms with E-state index in [1.165, 1.54) is 19.1 Å². The predicted molar refractivity (Wildman–Crippen MR) is 124 cm³/mol. The van der Waals surface area contributed by atoms with Gasteiger partial charge in [0, 0.05) is 25.5 Å². The van der Waals surface area contributed by atoms with E-state index in [2.05, 4.69) is 20.8 Å². The SMILES string of the molecule is CC(=O)Nc1nnc(S(=O)(=O)NC(=O)CCCC(=O)Nc2ccc(C(=O)OC(C)(C)C)cc2)s1. The van der Waals surface area contributed by atoms with Gasteiger partial charge >= 0.3 is 5.97 Å². The van der Waals surface area contributed by atoms with Crippen molar-refractivity contribution in [2.45, 2.75) is 56.9 Å². The molecule has 1 heterocycles. The molecule has 0 unspecified atom stereocenters. The van der Waals surface area contributed by atoms with E-state index in [9.17, 15) is 27.6 Å². The number of aromatic nitrogens is 2. The number of hydrogen-bond donors (Lipinski definition) is 3. The average Bonchev–Trinajstić information content (AvgIpc) is 3.15. The van der Waals surface area contributed by atoms with Crippen LogP contribution in [0.3, 0.4) is 0 Å². The Morgan fingerprint density at radius 3 is 2.18 bits per heavy atom. The van der Waals surface area contributed by atoms with Crippen molar-refractivity contribution >= 4 is 55.9 Å². The Balaban J connectivity index is 1.79. The number of esters is 1. The van der Waals surface area contributed by atoms with E-state index in [-0.39, 0.29) is 30.3 Å². The van der Waals surface area contributed by atoms with Crippen LogP contribution in [0.15, 0.2) is 28.6 Å². The van der Waals surface area contributed by atoms with E-state index in [0.717, 1.165) is 0 Å². The standard InChI is InChI=1S/C20H25N5O7S2/c1-12(26)21-18-23-24-19(33-18)34(30,31)25-16(28)7-5-6-15(27)22-14-10-8-13(9-11-14)17(29)32-20(2,3)4/h8-11H,5-7H2,1-4H3,(H,22,27)(H,25,28)(H,21,23,26). The molecule has 0 aliphatic heterocycles. The van der Waals surface area contributed by atoms with Crippen molar-refractivity contribution in [1.29, 1.82) is 0 Å². The summed E-state index contributed by atoms with van der Waals surface area (Å²) in [5.74, 6) is -2.12. The first-order valence-electron chi connectivity index (χ1n) is 10.1. The van der Waals surface area contributed by atoms with Crippen LogP contribution in [0.5, 0.6) is 0 Å². The minimum absolute atomic E-state index is 0.0175. The van der Waals surface area contributed by atoms with Crippen molar-refractivity contribution in [3.63, 3.8) is 0 Å². The maximum atomic E-state index is 12.2. The lowest BCUT2D eigenvalue weighted by atomic mass is 10.1. The van der Waals surface area contributed by atoms with Crippen molar-refractivity contribution in [3.05, 3.63) is 29.8 Å². The lowest BCUT2D eigenvalue weighted by Crippen LogP contribution is -2.30. The molecule has 3 amide bonds. The van der Waals surface area contributed by atoms with Crippen molar-refractivity contribution in [2.75, 3.05) is 10.6 Å². The molecule has 2 aromatic rings. The monoisotopic (exact) mass is 511 g/mol. The lowest BCUT2D eigenvalue weighted by Gasteiger charge is -2.19. The molecule has 0 spiro atoms. The molecule has 0 saturated carbocycles. The van der Waals surface area contributed by atoms with E-state index >= 15 is 0 Å². The minimum atomic E-state index is -4.24. The maximum absolute atomic E-state index is 12.2. The van der Waals surface area contributed by atoms with Gasteiger partial charge in [0.25, 0.3) is 14.4 Å². The fourth-order valence-corrected chi connectivity index (χ4v) is 4.39. The van der Waals surface area contributed by atoms with Crippen LogP contribution < -0.4 is 15.4 Å². The van der Waals surface area contributed by atoms with Gasteiger partial charge in [-0.2, -0.15) is 8.42 Å². The largest absolute Gasteiger partial charge is 0.456 e. The summed E-state index contributed by atoms with van der Waals surface area (Å²) in [7, 11) is -4.24. The summed E-state index contributed by atoms with van der Waals surface area (Å²) < 4.78 is 31.0. The van der Waals surface area contributed by atoms with Gasteiger partial charge in [0.1, 0.15) is 5.60 Å². The normalized spacial score (nSPS) is 11.4. The molecule has 0 fully saturated rings. The summed E-state index contributed by atoms with van der Waals surface area (Å²) in [5, 5.41) is 11.9. The number of benzene rings is 1. The zero-order chi connectivity index (χ0) is 25.5. The molecule has 0 aliphatic rings. The number of nitrogens with one attached hydrogen (secondary N) is 3.